The Bertz CT molecular complexity index is 291. The van der Waals surface area contributed by atoms with Crippen LogP contribution in [0.15, 0.2) is 12.7 Å². The molecular weight excluding hydrogens is 198 g/mol. The molecule has 0 radical (unpaired) electrons. The third kappa shape index (κ3) is 2.73. The van der Waals surface area contributed by atoms with Gasteiger partial charge in [0.1, 0.15) is 5.78 Å². The Morgan fingerprint density at radius 1 is 1.44 bits per heavy atom. The summed E-state index contributed by atoms with van der Waals surface area (Å²) in [6, 6.07) is 0.149. The number of likely N-dealkylation sites (tertiary alicyclic amines) is 1. The number of nitrogens with zero attached hydrogens (tertiary/aromatic N) is 1. The van der Waals surface area contributed by atoms with Gasteiger partial charge in [0, 0.05) is 12.1 Å². The molecule has 0 aromatic carbocycles. The molecule has 2 heteroatoms. The molecule has 1 fully saturated rings. The summed E-state index contributed by atoms with van der Waals surface area (Å²) in [6.45, 7) is 15.5. The molecule has 0 saturated carbocycles. The number of carbonyl (C=O) groups is 1. The van der Waals surface area contributed by atoms with E-state index in [1.807, 2.05) is 6.08 Å². The lowest BCUT2D eigenvalue weighted by molar-refractivity contribution is -0.132. The maximum absolute atomic E-state index is 11.5. The van der Waals surface area contributed by atoms with Gasteiger partial charge in [-0.25, -0.2) is 0 Å². The number of allylic oxidation sites excluding steroid dienone is 1. The van der Waals surface area contributed by atoms with E-state index < -0.39 is 0 Å². The second-order valence-corrected chi connectivity index (χ2v) is 6.29. The zero-order chi connectivity index (χ0) is 12.6. The van der Waals surface area contributed by atoms with Gasteiger partial charge in [-0.05, 0) is 39.0 Å². The first kappa shape index (κ1) is 13.4. The lowest BCUT2D eigenvalue weighted by atomic mass is 9.77. The van der Waals surface area contributed by atoms with Gasteiger partial charge < -0.3 is 0 Å². The lowest BCUT2D eigenvalue weighted by Crippen LogP contribution is -2.61. The van der Waals surface area contributed by atoms with Gasteiger partial charge in [0.2, 0.25) is 0 Å². The van der Waals surface area contributed by atoms with Crippen LogP contribution in [0.2, 0.25) is 0 Å². The standard InChI is InChI=1S/C14H25NO/c1-7-13(3,4)10-14(5,6)15-9-8-12(15)11(2)16/h7,12H,1,8-10H2,2-6H3/t12-/m1/s1. The van der Waals surface area contributed by atoms with Crippen molar-refractivity contribution < 1.29 is 4.79 Å². The minimum absolute atomic E-state index is 0.0757. The highest BCUT2D eigenvalue weighted by Gasteiger charge is 2.42. The topological polar surface area (TPSA) is 20.3 Å². The van der Waals surface area contributed by atoms with Crippen molar-refractivity contribution in [1.29, 1.82) is 0 Å². The Balaban J connectivity index is 2.71. The van der Waals surface area contributed by atoms with Gasteiger partial charge in [-0.2, -0.15) is 0 Å². The molecule has 16 heavy (non-hydrogen) atoms. The van der Waals surface area contributed by atoms with Crippen LogP contribution in [0.4, 0.5) is 0 Å². The first-order valence-electron chi connectivity index (χ1n) is 6.10. The first-order valence-corrected chi connectivity index (χ1v) is 6.10. The summed E-state index contributed by atoms with van der Waals surface area (Å²) in [7, 11) is 0. The van der Waals surface area contributed by atoms with Gasteiger partial charge in [0.25, 0.3) is 0 Å². The molecule has 0 aliphatic carbocycles. The first-order chi connectivity index (χ1) is 7.19. The van der Waals surface area contributed by atoms with Crippen LogP contribution in [0.5, 0.6) is 0 Å². The molecule has 0 unspecified atom stereocenters. The van der Waals surface area contributed by atoms with Gasteiger partial charge >= 0.3 is 0 Å². The summed E-state index contributed by atoms with van der Waals surface area (Å²) in [5, 5.41) is 0. The Morgan fingerprint density at radius 3 is 2.31 bits per heavy atom. The third-order valence-corrected chi connectivity index (χ3v) is 3.71. The minimum atomic E-state index is 0.0757. The summed E-state index contributed by atoms with van der Waals surface area (Å²) >= 11 is 0. The highest BCUT2D eigenvalue weighted by Crippen LogP contribution is 2.37. The summed E-state index contributed by atoms with van der Waals surface area (Å²) < 4.78 is 0. The molecule has 0 aromatic heterocycles. The Hall–Kier alpha value is -0.630. The molecule has 1 heterocycles. The highest BCUT2D eigenvalue weighted by atomic mass is 16.1. The molecule has 0 spiro atoms. The minimum Gasteiger partial charge on any atom is -0.298 e. The maximum Gasteiger partial charge on any atom is 0.146 e. The fourth-order valence-electron chi connectivity index (χ4n) is 2.82. The van der Waals surface area contributed by atoms with Crippen molar-refractivity contribution in [2.45, 2.75) is 59.0 Å². The van der Waals surface area contributed by atoms with E-state index in [-0.39, 0.29) is 17.0 Å². The van der Waals surface area contributed by atoms with E-state index in [2.05, 4.69) is 39.2 Å². The van der Waals surface area contributed by atoms with E-state index in [0.717, 1.165) is 19.4 Å². The molecular formula is C14H25NO. The molecule has 0 aromatic rings. The van der Waals surface area contributed by atoms with E-state index in [1.165, 1.54) is 0 Å². The molecule has 1 saturated heterocycles. The van der Waals surface area contributed by atoms with Crippen molar-refractivity contribution in [2.24, 2.45) is 5.41 Å². The van der Waals surface area contributed by atoms with Gasteiger partial charge in [-0.15, -0.1) is 6.58 Å². The molecule has 92 valence electrons. The molecule has 2 nitrogen and oxygen atoms in total. The van der Waals surface area contributed by atoms with Gasteiger partial charge in [-0.1, -0.05) is 19.9 Å². The lowest BCUT2D eigenvalue weighted by Gasteiger charge is -2.52. The second-order valence-electron chi connectivity index (χ2n) is 6.29. The average Bonchev–Trinajstić information content (AvgIpc) is 1.97. The van der Waals surface area contributed by atoms with Crippen molar-refractivity contribution >= 4 is 5.78 Å². The van der Waals surface area contributed by atoms with Crippen LogP contribution in [-0.2, 0) is 4.79 Å². The van der Waals surface area contributed by atoms with Crippen LogP contribution in [0.25, 0.3) is 0 Å². The van der Waals surface area contributed by atoms with Crippen molar-refractivity contribution in [3.05, 3.63) is 12.7 Å². The van der Waals surface area contributed by atoms with Crippen LogP contribution in [0, 0.1) is 5.41 Å². The number of Topliss-reactive ketones (excluding diaryl/α,β-unsaturated/α-hetero) is 1. The van der Waals surface area contributed by atoms with Crippen molar-refractivity contribution in [2.75, 3.05) is 6.54 Å². The van der Waals surface area contributed by atoms with Crippen LogP contribution >= 0.6 is 0 Å². The Morgan fingerprint density at radius 2 is 2.00 bits per heavy atom. The van der Waals surface area contributed by atoms with E-state index in [1.54, 1.807) is 6.92 Å². The smallest absolute Gasteiger partial charge is 0.146 e. The summed E-state index contributed by atoms with van der Waals surface area (Å²) in [5.74, 6) is 0.302. The number of rotatable bonds is 5. The molecule has 0 bridgehead atoms. The number of ketones is 1. The zero-order valence-electron chi connectivity index (χ0n) is 11.3. The molecule has 1 aliphatic heterocycles. The SMILES string of the molecule is C=CC(C)(C)CC(C)(C)N1CC[C@@H]1C(C)=O. The molecule has 0 N–H and O–H groups in total. The van der Waals surface area contributed by atoms with Crippen LogP contribution in [-0.4, -0.2) is 28.8 Å². The fourth-order valence-corrected chi connectivity index (χ4v) is 2.82. The number of carbonyl (C=O) groups excluding carboxylic acids is 1. The fraction of sp³-hybridized carbons (Fsp3) is 0.786. The molecule has 1 aliphatic rings. The molecule has 1 atom stereocenters. The Kier molecular flexibility index (Phi) is 3.63. The van der Waals surface area contributed by atoms with Gasteiger partial charge in [0.05, 0.1) is 6.04 Å². The van der Waals surface area contributed by atoms with E-state index in [9.17, 15) is 4.79 Å². The Labute approximate surface area is 99.7 Å². The largest absolute Gasteiger partial charge is 0.298 e. The molecule has 0 amide bonds. The average molecular weight is 223 g/mol. The number of hydrogen-bond donors (Lipinski definition) is 0. The maximum atomic E-state index is 11.5. The normalized spacial score (nSPS) is 22.7. The van der Waals surface area contributed by atoms with E-state index in [4.69, 9.17) is 0 Å². The van der Waals surface area contributed by atoms with Gasteiger partial charge in [0.15, 0.2) is 0 Å². The van der Waals surface area contributed by atoms with Crippen LogP contribution < -0.4 is 0 Å². The summed E-state index contributed by atoms with van der Waals surface area (Å²) in [4.78, 5) is 13.8. The number of hydrogen-bond acceptors (Lipinski definition) is 2. The van der Waals surface area contributed by atoms with Crippen molar-refractivity contribution in [3.8, 4) is 0 Å². The highest BCUT2D eigenvalue weighted by molar-refractivity contribution is 5.82. The van der Waals surface area contributed by atoms with E-state index in [0.29, 0.717) is 5.78 Å². The monoisotopic (exact) mass is 223 g/mol. The quantitative estimate of drug-likeness (QED) is 0.668. The van der Waals surface area contributed by atoms with Gasteiger partial charge in [-0.3, -0.25) is 9.69 Å². The summed E-state index contributed by atoms with van der Waals surface area (Å²) in [5.41, 5.74) is 0.201. The second kappa shape index (κ2) is 4.33. The predicted octanol–water partition coefficient (Wildman–Crippen LogP) is 3.03. The van der Waals surface area contributed by atoms with Crippen molar-refractivity contribution in [1.82, 2.24) is 4.90 Å². The van der Waals surface area contributed by atoms with Crippen molar-refractivity contribution in [3.63, 3.8) is 0 Å². The molecule has 1 rings (SSSR count). The van der Waals surface area contributed by atoms with Crippen LogP contribution in [0.1, 0.15) is 47.5 Å². The third-order valence-electron chi connectivity index (χ3n) is 3.71. The zero-order valence-corrected chi connectivity index (χ0v) is 11.3. The summed E-state index contributed by atoms with van der Waals surface area (Å²) in [6.07, 6.45) is 4.07. The predicted molar refractivity (Wildman–Crippen MR) is 68.5 cm³/mol. The van der Waals surface area contributed by atoms with E-state index >= 15 is 0 Å². The van der Waals surface area contributed by atoms with Crippen LogP contribution in [0.3, 0.4) is 0 Å².